The third-order valence-corrected chi connectivity index (χ3v) is 4.46. The average Bonchev–Trinajstić information content (AvgIpc) is 2.58. The molecule has 3 heteroatoms. The van der Waals surface area contributed by atoms with Gasteiger partial charge in [-0.25, -0.2) is 0 Å². The smallest absolute Gasteiger partial charge is 0.173 e. The lowest BCUT2D eigenvalue weighted by Crippen LogP contribution is -2.32. The molecule has 0 radical (unpaired) electrons. The zero-order chi connectivity index (χ0) is 15.0. The summed E-state index contributed by atoms with van der Waals surface area (Å²) in [6.07, 6.45) is 2.44. The van der Waals surface area contributed by atoms with Crippen LogP contribution in [0.5, 0.6) is 11.5 Å². The highest BCUT2D eigenvalue weighted by Gasteiger charge is 2.38. The number of phenolic OH excluding ortho intramolecular Hbond substituents is 2. The van der Waals surface area contributed by atoms with E-state index < -0.39 is 5.41 Å². The fraction of sp³-hybridized carbons (Fsp3) is 0.278. The molecule has 108 valence electrons. The highest BCUT2D eigenvalue weighted by atomic mass is 16.3. The normalized spacial score (nSPS) is 21.7. The summed E-state index contributed by atoms with van der Waals surface area (Å²) in [4.78, 5) is 13.0. The Kier molecular flexibility index (Phi) is 3.20. The van der Waals surface area contributed by atoms with Crippen molar-refractivity contribution in [3.05, 3.63) is 59.2 Å². The van der Waals surface area contributed by atoms with E-state index in [-0.39, 0.29) is 17.3 Å². The topological polar surface area (TPSA) is 57.5 Å². The first-order valence-corrected chi connectivity index (χ1v) is 7.17. The Morgan fingerprint density at radius 3 is 2.38 bits per heavy atom. The van der Waals surface area contributed by atoms with Gasteiger partial charge in [-0.05, 0) is 67.6 Å². The summed E-state index contributed by atoms with van der Waals surface area (Å²) < 4.78 is 0. The van der Waals surface area contributed by atoms with Crippen molar-refractivity contribution in [1.29, 1.82) is 0 Å². The van der Waals surface area contributed by atoms with Crippen LogP contribution in [0.1, 0.15) is 41.3 Å². The zero-order valence-corrected chi connectivity index (χ0v) is 12.0. The van der Waals surface area contributed by atoms with E-state index in [1.54, 1.807) is 30.3 Å². The minimum atomic E-state index is -0.587. The van der Waals surface area contributed by atoms with E-state index in [1.807, 2.05) is 19.1 Å². The lowest BCUT2D eigenvalue weighted by Gasteiger charge is -2.27. The standard InChI is InChI=1S/C18H18O3/c1-18(13-4-6-14(19)7-5-13)10-2-3-12-11-15(20)8-9-16(12)17(18)21/h4-9,11,19-20H,2-3,10H2,1H3. The summed E-state index contributed by atoms with van der Waals surface area (Å²) in [6.45, 7) is 1.96. The minimum absolute atomic E-state index is 0.0840. The van der Waals surface area contributed by atoms with Gasteiger partial charge < -0.3 is 10.2 Å². The molecule has 2 aromatic carbocycles. The van der Waals surface area contributed by atoms with Crippen molar-refractivity contribution in [1.82, 2.24) is 0 Å². The quantitative estimate of drug-likeness (QED) is 0.786. The minimum Gasteiger partial charge on any atom is -0.508 e. The Bertz CT molecular complexity index is 688. The Morgan fingerprint density at radius 2 is 1.67 bits per heavy atom. The van der Waals surface area contributed by atoms with Gasteiger partial charge in [0.15, 0.2) is 5.78 Å². The molecule has 1 unspecified atom stereocenters. The van der Waals surface area contributed by atoms with Crippen molar-refractivity contribution in [2.75, 3.05) is 0 Å². The molecule has 21 heavy (non-hydrogen) atoms. The van der Waals surface area contributed by atoms with Crippen molar-refractivity contribution in [2.45, 2.75) is 31.6 Å². The molecule has 0 amide bonds. The Morgan fingerprint density at radius 1 is 1.00 bits per heavy atom. The molecule has 0 aromatic heterocycles. The number of hydrogen-bond acceptors (Lipinski definition) is 3. The van der Waals surface area contributed by atoms with E-state index >= 15 is 0 Å². The van der Waals surface area contributed by atoms with Crippen LogP contribution in [0.2, 0.25) is 0 Å². The van der Waals surface area contributed by atoms with E-state index in [0.717, 1.165) is 30.4 Å². The predicted molar refractivity (Wildman–Crippen MR) is 80.8 cm³/mol. The second kappa shape index (κ2) is 4.92. The lowest BCUT2D eigenvalue weighted by atomic mass is 9.74. The second-order valence-electron chi connectivity index (χ2n) is 5.90. The fourth-order valence-electron chi connectivity index (χ4n) is 3.16. The number of hydrogen-bond donors (Lipinski definition) is 2. The molecule has 0 saturated carbocycles. The number of aromatic hydroxyl groups is 2. The van der Waals surface area contributed by atoms with Crippen molar-refractivity contribution < 1.29 is 15.0 Å². The monoisotopic (exact) mass is 282 g/mol. The van der Waals surface area contributed by atoms with Gasteiger partial charge in [0.2, 0.25) is 0 Å². The molecule has 1 aliphatic rings. The second-order valence-corrected chi connectivity index (χ2v) is 5.90. The van der Waals surface area contributed by atoms with Gasteiger partial charge in [0.1, 0.15) is 11.5 Å². The summed E-state index contributed by atoms with van der Waals surface area (Å²) >= 11 is 0. The van der Waals surface area contributed by atoms with Crippen molar-refractivity contribution in [2.24, 2.45) is 0 Å². The molecule has 2 N–H and O–H groups in total. The highest BCUT2D eigenvalue weighted by Crippen LogP contribution is 2.38. The number of benzene rings is 2. The molecule has 3 rings (SSSR count). The number of fused-ring (bicyclic) bond motifs is 1. The molecule has 3 nitrogen and oxygen atoms in total. The van der Waals surface area contributed by atoms with Gasteiger partial charge in [0.05, 0.1) is 5.41 Å². The molecule has 0 spiro atoms. The molecule has 1 atom stereocenters. The number of ketones is 1. The maximum absolute atomic E-state index is 13.0. The Hall–Kier alpha value is -2.29. The number of phenols is 2. The molecular weight excluding hydrogens is 264 g/mol. The average molecular weight is 282 g/mol. The number of carbonyl (C=O) groups is 1. The van der Waals surface area contributed by atoms with Gasteiger partial charge in [-0.3, -0.25) is 4.79 Å². The highest BCUT2D eigenvalue weighted by molar-refractivity contribution is 6.05. The maximum atomic E-state index is 13.0. The van der Waals surface area contributed by atoms with Crippen LogP contribution in [0.3, 0.4) is 0 Å². The molecular formula is C18H18O3. The van der Waals surface area contributed by atoms with Crippen LogP contribution in [-0.2, 0) is 11.8 Å². The lowest BCUT2D eigenvalue weighted by molar-refractivity contribution is 0.0891. The van der Waals surface area contributed by atoms with E-state index in [9.17, 15) is 15.0 Å². The third-order valence-electron chi connectivity index (χ3n) is 4.46. The summed E-state index contributed by atoms with van der Waals surface area (Å²) in [6, 6.07) is 11.9. The van der Waals surface area contributed by atoms with Crippen LogP contribution >= 0.6 is 0 Å². The maximum Gasteiger partial charge on any atom is 0.173 e. The van der Waals surface area contributed by atoms with Gasteiger partial charge >= 0.3 is 0 Å². The summed E-state index contributed by atoms with van der Waals surface area (Å²) in [7, 11) is 0. The molecule has 0 saturated heterocycles. The SMILES string of the molecule is CC1(c2ccc(O)cc2)CCCc2cc(O)ccc2C1=O. The summed E-state index contributed by atoms with van der Waals surface area (Å²) in [5.41, 5.74) is 1.95. The van der Waals surface area contributed by atoms with Crippen molar-refractivity contribution in [3.63, 3.8) is 0 Å². The van der Waals surface area contributed by atoms with Crippen LogP contribution < -0.4 is 0 Å². The molecule has 0 fully saturated rings. The van der Waals surface area contributed by atoms with Gasteiger partial charge in [0.25, 0.3) is 0 Å². The van der Waals surface area contributed by atoms with E-state index in [1.165, 1.54) is 0 Å². The van der Waals surface area contributed by atoms with Crippen LogP contribution in [-0.4, -0.2) is 16.0 Å². The molecule has 0 aliphatic heterocycles. The molecule has 1 aliphatic carbocycles. The van der Waals surface area contributed by atoms with Crippen LogP contribution in [0, 0.1) is 0 Å². The van der Waals surface area contributed by atoms with Gasteiger partial charge in [-0.15, -0.1) is 0 Å². The van der Waals surface area contributed by atoms with Gasteiger partial charge in [-0.2, -0.15) is 0 Å². The number of aryl methyl sites for hydroxylation is 1. The number of rotatable bonds is 1. The zero-order valence-electron chi connectivity index (χ0n) is 12.0. The largest absolute Gasteiger partial charge is 0.508 e. The molecule has 0 bridgehead atoms. The third kappa shape index (κ3) is 2.29. The first-order chi connectivity index (χ1) is 10.0. The number of Topliss-reactive ketones (excluding diaryl/α,β-unsaturated/α-hetero) is 1. The number of carbonyl (C=O) groups excluding carboxylic acids is 1. The van der Waals surface area contributed by atoms with Gasteiger partial charge in [0, 0.05) is 5.56 Å². The van der Waals surface area contributed by atoms with Crippen LogP contribution in [0.25, 0.3) is 0 Å². The van der Waals surface area contributed by atoms with Crippen LogP contribution in [0.15, 0.2) is 42.5 Å². The molecule has 2 aromatic rings. The first kappa shape index (κ1) is 13.7. The van der Waals surface area contributed by atoms with E-state index in [0.29, 0.717) is 5.56 Å². The Balaban J connectivity index is 2.09. The fourth-order valence-corrected chi connectivity index (χ4v) is 3.16. The Labute approximate surface area is 123 Å². The molecule has 0 heterocycles. The summed E-state index contributed by atoms with van der Waals surface area (Å²) in [5, 5.41) is 19.0. The van der Waals surface area contributed by atoms with Gasteiger partial charge in [-0.1, -0.05) is 12.1 Å². The first-order valence-electron chi connectivity index (χ1n) is 7.17. The van der Waals surface area contributed by atoms with Crippen LogP contribution in [0.4, 0.5) is 0 Å². The predicted octanol–water partition coefficient (Wildman–Crippen LogP) is 3.57. The van der Waals surface area contributed by atoms with E-state index in [2.05, 4.69) is 0 Å². The summed E-state index contributed by atoms with van der Waals surface area (Å²) in [5.74, 6) is 0.490. The van der Waals surface area contributed by atoms with E-state index in [4.69, 9.17) is 0 Å². The van der Waals surface area contributed by atoms with Crippen molar-refractivity contribution >= 4 is 5.78 Å². The van der Waals surface area contributed by atoms with Crippen molar-refractivity contribution in [3.8, 4) is 11.5 Å².